The number of nitrogens with two attached hydrogens (primary N) is 1. The van der Waals surface area contributed by atoms with Gasteiger partial charge in [0.2, 0.25) is 0 Å². The number of halogens is 1. The Morgan fingerprint density at radius 1 is 1.38 bits per heavy atom. The molecule has 3 rings (SSSR count). The van der Waals surface area contributed by atoms with E-state index in [9.17, 15) is 0 Å². The van der Waals surface area contributed by atoms with Crippen LogP contribution in [0, 0.1) is 5.92 Å². The van der Waals surface area contributed by atoms with Crippen LogP contribution < -0.4 is 16.0 Å². The fourth-order valence-electron chi connectivity index (χ4n) is 3.36. The molecule has 0 saturated carbocycles. The van der Waals surface area contributed by atoms with Gasteiger partial charge in [0.1, 0.15) is 5.75 Å². The Balaban J connectivity index is 1.69. The highest BCUT2D eigenvalue weighted by Gasteiger charge is 2.23. The predicted molar refractivity (Wildman–Crippen MR) is 90.1 cm³/mol. The smallest absolute Gasteiger partial charge is 0.125 e. The van der Waals surface area contributed by atoms with Gasteiger partial charge in [0.15, 0.2) is 0 Å². The van der Waals surface area contributed by atoms with Crippen LogP contribution in [0.4, 0.5) is 0 Å². The van der Waals surface area contributed by atoms with E-state index in [0.29, 0.717) is 6.04 Å². The topological polar surface area (TPSA) is 47.3 Å². The maximum atomic E-state index is 6.24. The molecule has 0 aliphatic carbocycles. The van der Waals surface area contributed by atoms with Crippen LogP contribution in [-0.4, -0.2) is 24.2 Å². The van der Waals surface area contributed by atoms with Crippen LogP contribution >= 0.6 is 23.4 Å². The summed E-state index contributed by atoms with van der Waals surface area (Å²) in [7, 11) is 0. The molecule has 3 nitrogen and oxygen atoms in total. The fraction of sp³-hybridized carbons (Fsp3) is 0.625. The SMILES string of the molecule is NNC(Cc1cc(Cl)cc2c1OCC2)CC1CCSCC1. The molecule has 2 aliphatic heterocycles. The van der Waals surface area contributed by atoms with Crippen LogP contribution in [0.25, 0.3) is 0 Å². The molecule has 1 fully saturated rings. The van der Waals surface area contributed by atoms with Gasteiger partial charge < -0.3 is 4.74 Å². The molecule has 1 atom stereocenters. The fourth-order valence-corrected chi connectivity index (χ4v) is 4.83. The molecule has 1 aromatic carbocycles. The summed E-state index contributed by atoms with van der Waals surface area (Å²) >= 11 is 8.30. The van der Waals surface area contributed by atoms with Gasteiger partial charge in [-0.1, -0.05) is 11.6 Å². The summed E-state index contributed by atoms with van der Waals surface area (Å²) in [5.74, 6) is 10.2. The lowest BCUT2D eigenvalue weighted by atomic mass is 9.91. The summed E-state index contributed by atoms with van der Waals surface area (Å²) in [6.07, 6.45) is 5.62. The van der Waals surface area contributed by atoms with Crippen LogP contribution in [-0.2, 0) is 12.8 Å². The van der Waals surface area contributed by atoms with Crippen molar-refractivity contribution in [1.82, 2.24) is 5.43 Å². The van der Waals surface area contributed by atoms with E-state index in [4.69, 9.17) is 22.2 Å². The van der Waals surface area contributed by atoms with Gasteiger partial charge in [-0.3, -0.25) is 11.3 Å². The monoisotopic (exact) mass is 326 g/mol. The molecule has 1 unspecified atom stereocenters. The zero-order valence-electron chi connectivity index (χ0n) is 12.2. The van der Waals surface area contributed by atoms with Crippen molar-refractivity contribution in [3.63, 3.8) is 0 Å². The maximum Gasteiger partial charge on any atom is 0.125 e. The minimum atomic E-state index is 0.296. The molecule has 21 heavy (non-hydrogen) atoms. The molecule has 0 aromatic heterocycles. The number of rotatable bonds is 5. The molecule has 5 heteroatoms. The number of ether oxygens (including phenoxy) is 1. The Morgan fingerprint density at radius 3 is 2.95 bits per heavy atom. The van der Waals surface area contributed by atoms with Crippen molar-refractivity contribution in [2.75, 3.05) is 18.1 Å². The highest BCUT2D eigenvalue weighted by molar-refractivity contribution is 7.99. The molecular formula is C16H23ClN2OS. The second kappa shape index (κ2) is 7.23. The lowest BCUT2D eigenvalue weighted by Crippen LogP contribution is -2.38. The van der Waals surface area contributed by atoms with Crippen molar-refractivity contribution in [3.8, 4) is 5.75 Å². The van der Waals surface area contributed by atoms with Crippen molar-refractivity contribution in [3.05, 3.63) is 28.3 Å². The average molecular weight is 327 g/mol. The van der Waals surface area contributed by atoms with Gasteiger partial charge in [0.25, 0.3) is 0 Å². The van der Waals surface area contributed by atoms with Gasteiger partial charge in [-0.15, -0.1) is 0 Å². The van der Waals surface area contributed by atoms with Crippen molar-refractivity contribution in [2.45, 2.75) is 38.1 Å². The summed E-state index contributed by atoms with van der Waals surface area (Å²) in [5.41, 5.74) is 5.44. The number of hydrazine groups is 1. The van der Waals surface area contributed by atoms with E-state index in [0.717, 1.165) is 42.6 Å². The molecule has 1 aromatic rings. The molecule has 116 valence electrons. The van der Waals surface area contributed by atoms with Gasteiger partial charge in [0.05, 0.1) is 6.61 Å². The van der Waals surface area contributed by atoms with Crippen molar-refractivity contribution in [2.24, 2.45) is 11.8 Å². The van der Waals surface area contributed by atoms with E-state index >= 15 is 0 Å². The Hall–Kier alpha value is -0.420. The number of thioether (sulfide) groups is 1. The minimum Gasteiger partial charge on any atom is -0.493 e. The van der Waals surface area contributed by atoms with Gasteiger partial charge in [-0.25, -0.2) is 0 Å². The van der Waals surface area contributed by atoms with Crippen LogP contribution in [0.5, 0.6) is 5.75 Å². The molecule has 2 aliphatic rings. The van der Waals surface area contributed by atoms with Gasteiger partial charge in [-0.05, 0) is 66.4 Å². The third-order valence-electron chi connectivity index (χ3n) is 4.49. The van der Waals surface area contributed by atoms with Gasteiger partial charge in [-0.2, -0.15) is 11.8 Å². The van der Waals surface area contributed by atoms with Crippen LogP contribution in [0.15, 0.2) is 12.1 Å². The van der Waals surface area contributed by atoms with Crippen molar-refractivity contribution in [1.29, 1.82) is 0 Å². The average Bonchev–Trinajstić information content (AvgIpc) is 2.96. The van der Waals surface area contributed by atoms with Crippen LogP contribution in [0.1, 0.15) is 30.4 Å². The second-order valence-corrected chi connectivity index (χ2v) is 7.67. The first-order chi connectivity index (χ1) is 10.3. The van der Waals surface area contributed by atoms with Crippen molar-refractivity contribution < 1.29 is 4.74 Å². The zero-order valence-corrected chi connectivity index (χ0v) is 13.8. The maximum absolute atomic E-state index is 6.24. The Kier molecular flexibility index (Phi) is 5.33. The minimum absolute atomic E-state index is 0.296. The molecule has 0 spiro atoms. The highest BCUT2D eigenvalue weighted by Crippen LogP contribution is 2.34. The first kappa shape index (κ1) is 15.5. The number of benzene rings is 1. The van der Waals surface area contributed by atoms with E-state index in [1.54, 1.807) is 0 Å². The standard InChI is InChI=1S/C16H23ClN2OS/c17-14-8-12-1-4-20-16(12)13(9-14)10-15(19-18)7-11-2-5-21-6-3-11/h8-9,11,15,19H,1-7,10,18H2. The molecule has 0 radical (unpaired) electrons. The normalized spacial score (nSPS) is 20.1. The molecule has 0 amide bonds. The number of fused-ring (bicyclic) bond motifs is 1. The van der Waals surface area contributed by atoms with E-state index in [1.165, 1.54) is 35.5 Å². The number of hydrogen-bond donors (Lipinski definition) is 2. The molecule has 1 saturated heterocycles. The van der Waals surface area contributed by atoms with Crippen LogP contribution in [0.2, 0.25) is 5.02 Å². The van der Waals surface area contributed by atoms with Crippen LogP contribution in [0.3, 0.4) is 0 Å². The van der Waals surface area contributed by atoms with E-state index < -0.39 is 0 Å². The lowest BCUT2D eigenvalue weighted by molar-refractivity contribution is 0.342. The predicted octanol–water partition coefficient (Wildman–Crippen LogP) is 3.18. The summed E-state index contributed by atoms with van der Waals surface area (Å²) in [4.78, 5) is 0. The third-order valence-corrected chi connectivity index (χ3v) is 5.75. The van der Waals surface area contributed by atoms with Crippen molar-refractivity contribution >= 4 is 23.4 Å². The molecule has 0 bridgehead atoms. The summed E-state index contributed by atoms with van der Waals surface area (Å²) in [6.45, 7) is 0.767. The Labute approximate surface area is 135 Å². The third kappa shape index (κ3) is 3.86. The van der Waals surface area contributed by atoms with Gasteiger partial charge >= 0.3 is 0 Å². The zero-order chi connectivity index (χ0) is 14.7. The molecule has 3 N–H and O–H groups in total. The van der Waals surface area contributed by atoms with E-state index in [2.05, 4.69) is 17.2 Å². The Bertz CT molecular complexity index is 491. The summed E-state index contributed by atoms with van der Waals surface area (Å²) < 4.78 is 5.79. The number of hydrogen-bond acceptors (Lipinski definition) is 4. The Morgan fingerprint density at radius 2 is 2.19 bits per heavy atom. The molecule has 2 heterocycles. The van der Waals surface area contributed by atoms with E-state index in [1.807, 2.05) is 12.1 Å². The lowest BCUT2D eigenvalue weighted by Gasteiger charge is -2.26. The first-order valence-electron chi connectivity index (χ1n) is 7.74. The molecular weight excluding hydrogens is 304 g/mol. The van der Waals surface area contributed by atoms with E-state index in [-0.39, 0.29) is 0 Å². The first-order valence-corrected chi connectivity index (χ1v) is 9.27. The number of nitrogens with one attached hydrogen (secondary N) is 1. The highest BCUT2D eigenvalue weighted by atomic mass is 35.5. The van der Waals surface area contributed by atoms with Gasteiger partial charge in [0, 0.05) is 17.5 Å². The summed E-state index contributed by atoms with van der Waals surface area (Å²) in [6, 6.07) is 4.36. The summed E-state index contributed by atoms with van der Waals surface area (Å²) in [5, 5.41) is 0.805. The largest absolute Gasteiger partial charge is 0.493 e. The quantitative estimate of drug-likeness (QED) is 0.644. The second-order valence-electron chi connectivity index (χ2n) is 6.01.